The minimum Gasteiger partial charge on any atom is -0.302 e. The fourth-order valence-electron chi connectivity index (χ4n) is 2.51. The van der Waals surface area contributed by atoms with Gasteiger partial charge in [-0.1, -0.05) is 54.4 Å². The maximum absolute atomic E-state index is 6.22. The lowest BCUT2D eigenvalue weighted by Gasteiger charge is -2.21. The highest BCUT2D eigenvalue weighted by molar-refractivity contribution is 6.31. The minimum atomic E-state index is 0.536. The van der Waals surface area contributed by atoms with E-state index < -0.39 is 0 Å². The molecule has 0 fully saturated rings. The Morgan fingerprint density at radius 3 is 2.57 bits per heavy atom. The first-order valence-corrected chi connectivity index (χ1v) is 7.82. The van der Waals surface area contributed by atoms with Gasteiger partial charge in [0.05, 0.1) is 0 Å². The van der Waals surface area contributed by atoms with Crippen molar-refractivity contribution in [2.75, 3.05) is 13.6 Å². The lowest BCUT2D eigenvalue weighted by Crippen LogP contribution is -2.25. The highest BCUT2D eigenvalue weighted by atomic mass is 35.5. The van der Waals surface area contributed by atoms with Gasteiger partial charge in [-0.15, -0.1) is 0 Å². The van der Waals surface area contributed by atoms with Crippen molar-refractivity contribution in [3.63, 3.8) is 0 Å². The van der Waals surface area contributed by atoms with E-state index in [1.54, 1.807) is 0 Å². The van der Waals surface area contributed by atoms with Gasteiger partial charge < -0.3 is 4.90 Å². The molecule has 0 saturated heterocycles. The Morgan fingerprint density at radius 1 is 1.14 bits per heavy atom. The number of halogens is 2. The second kappa shape index (κ2) is 7.79. The molecule has 2 nitrogen and oxygen atoms in total. The molecule has 1 atom stereocenters. The fourth-order valence-corrected chi connectivity index (χ4v) is 2.84. The summed E-state index contributed by atoms with van der Waals surface area (Å²) in [5.41, 5.74) is 2.39. The summed E-state index contributed by atoms with van der Waals surface area (Å²) >= 11 is 12.0. The maximum Gasteiger partial charge on any atom is 0.129 e. The van der Waals surface area contributed by atoms with Crippen LogP contribution in [0.15, 0.2) is 42.6 Å². The summed E-state index contributed by atoms with van der Waals surface area (Å²) in [5, 5.41) is 1.39. The van der Waals surface area contributed by atoms with Crippen LogP contribution in [0.1, 0.15) is 18.1 Å². The number of nitrogens with zero attached hydrogens (tertiary/aromatic N) is 2. The van der Waals surface area contributed by atoms with Gasteiger partial charge in [-0.3, -0.25) is 0 Å². The topological polar surface area (TPSA) is 16.1 Å². The standard InChI is InChI=1S/C17H20Cl2N2/c1-13(9-15-5-3-4-6-16(15)18)11-21(2)12-14-7-8-17(19)20-10-14/h3-8,10,13H,9,11-12H2,1-2H3. The Kier molecular flexibility index (Phi) is 6.04. The zero-order valence-electron chi connectivity index (χ0n) is 12.4. The van der Waals surface area contributed by atoms with Crippen LogP contribution >= 0.6 is 23.2 Å². The summed E-state index contributed by atoms with van der Waals surface area (Å²) in [4.78, 5) is 6.41. The van der Waals surface area contributed by atoms with Gasteiger partial charge in [0, 0.05) is 24.3 Å². The van der Waals surface area contributed by atoms with Crippen molar-refractivity contribution < 1.29 is 0 Å². The van der Waals surface area contributed by atoms with Gasteiger partial charge >= 0.3 is 0 Å². The number of aromatic nitrogens is 1. The number of pyridine rings is 1. The molecule has 0 spiro atoms. The molecule has 0 N–H and O–H groups in total. The average Bonchev–Trinajstić information content (AvgIpc) is 2.44. The molecule has 1 unspecified atom stereocenters. The van der Waals surface area contributed by atoms with Gasteiger partial charge in [0.25, 0.3) is 0 Å². The summed E-state index contributed by atoms with van der Waals surface area (Å²) in [6.07, 6.45) is 2.82. The summed E-state index contributed by atoms with van der Waals surface area (Å²) in [5.74, 6) is 0.537. The zero-order chi connectivity index (χ0) is 15.2. The Morgan fingerprint density at radius 2 is 1.90 bits per heavy atom. The summed E-state index contributed by atoms with van der Waals surface area (Å²) in [6.45, 7) is 4.13. The van der Waals surface area contributed by atoms with Crippen LogP contribution in [0.25, 0.3) is 0 Å². The van der Waals surface area contributed by atoms with E-state index in [1.807, 2.05) is 36.5 Å². The molecule has 2 rings (SSSR count). The van der Waals surface area contributed by atoms with Crippen molar-refractivity contribution >= 4 is 23.2 Å². The average molecular weight is 323 g/mol. The van der Waals surface area contributed by atoms with Crippen LogP contribution in [0.5, 0.6) is 0 Å². The Labute approximate surface area is 136 Å². The van der Waals surface area contributed by atoms with Gasteiger partial charge in [0.1, 0.15) is 5.15 Å². The predicted molar refractivity (Wildman–Crippen MR) is 89.9 cm³/mol. The largest absolute Gasteiger partial charge is 0.302 e. The molecule has 2 aromatic rings. The summed E-state index contributed by atoms with van der Waals surface area (Å²) in [6, 6.07) is 11.9. The SMILES string of the molecule is CC(Cc1ccccc1Cl)CN(C)Cc1ccc(Cl)nc1. The first-order valence-electron chi connectivity index (χ1n) is 7.07. The molecule has 1 heterocycles. The van der Waals surface area contributed by atoms with Crippen molar-refractivity contribution in [1.29, 1.82) is 0 Å². The number of hydrogen-bond acceptors (Lipinski definition) is 2. The molecule has 112 valence electrons. The third kappa shape index (κ3) is 5.31. The van der Waals surface area contributed by atoms with Crippen LogP contribution in [0, 0.1) is 5.92 Å². The summed E-state index contributed by atoms with van der Waals surface area (Å²) in [7, 11) is 2.12. The normalized spacial score (nSPS) is 12.6. The molecule has 21 heavy (non-hydrogen) atoms. The Hall–Kier alpha value is -1.09. The van der Waals surface area contributed by atoms with E-state index in [0.29, 0.717) is 11.1 Å². The van der Waals surface area contributed by atoms with E-state index in [4.69, 9.17) is 23.2 Å². The molecule has 0 aliphatic carbocycles. The monoisotopic (exact) mass is 322 g/mol. The van der Waals surface area contributed by atoms with Crippen molar-refractivity contribution in [3.05, 3.63) is 63.9 Å². The number of rotatable bonds is 6. The molecule has 1 aromatic heterocycles. The lowest BCUT2D eigenvalue weighted by molar-refractivity contribution is 0.277. The van der Waals surface area contributed by atoms with Crippen LogP contribution in [-0.2, 0) is 13.0 Å². The van der Waals surface area contributed by atoms with Gasteiger partial charge in [0.2, 0.25) is 0 Å². The van der Waals surface area contributed by atoms with Crippen LogP contribution in [0.3, 0.4) is 0 Å². The van der Waals surface area contributed by atoms with Crippen LogP contribution in [0.4, 0.5) is 0 Å². The van der Waals surface area contributed by atoms with Crippen molar-refractivity contribution in [1.82, 2.24) is 9.88 Å². The predicted octanol–water partition coefficient (Wildman–Crippen LogP) is 4.70. The molecule has 0 radical (unpaired) electrons. The molecule has 1 aromatic carbocycles. The molecule has 0 saturated carbocycles. The van der Waals surface area contributed by atoms with Gasteiger partial charge in [-0.2, -0.15) is 0 Å². The Balaban J connectivity index is 1.86. The van der Waals surface area contributed by atoms with E-state index in [-0.39, 0.29) is 0 Å². The molecule has 0 aliphatic rings. The molecule has 0 amide bonds. The van der Waals surface area contributed by atoms with Gasteiger partial charge in [-0.25, -0.2) is 4.98 Å². The molecular formula is C17H20Cl2N2. The first kappa shape index (κ1) is 16.3. The van der Waals surface area contributed by atoms with Crippen LogP contribution in [0.2, 0.25) is 10.2 Å². The van der Waals surface area contributed by atoms with E-state index in [9.17, 15) is 0 Å². The van der Waals surface area contributed by atoms with Crippen LogP contribution in [-0.4, -0.2) is 23.5 Å². The van der Waals surface area contributed by atoms with Crippen molar-refractivity contribution in [2.45, 2.75) is 19.9 Å². The Bertz CT molecular complexity index is 569. The smallest absolute Gasteiger partial charge is 0.129 e. The lowest BCUT2D eigenvalue weighted by atomic mass is 10.0. The molecule has 0 bridgehead atoms. The maximum atomic E-state index is 6.22. The molecule has 4 heteroatoms. The third-order valence-corrected chi connectivity index (χ3v) is 3.98. The quantitative estimate of drug-likeness (QED) is 0.716. The van der Waals surface area contributed by atoms with Crippen LogP contribution < -0.4 is 0 Å². The second-order valence-corrected chi connectivity index (χ2v) is 6.38. The minimum absolute atomic E-state index is 0.536. The van der Waals surface area contributed by atoms with E-state index >= 15 is 0 Å². The van der Waals surface area contributed by atoms with Gasteiger partial charge in [0.15, 0.2) is 0 Å². The summed E-state index contributed by atoms with van der Waals surface area (Å²) < 4.78 is 0. The van der Waals surface area contributed by atoms with Crippen molar-refractivity contribution in [3.8, 4) is 0 Å². The number of hydrogen-bond donors (Lipinski definition) is 0. The van der Waals surface area contributed by atoms with Crippen molar-refractivity contribution in [2.24, 2.45) is 5.92 Å². The van der Waals surface area contributed by atoms with E-state index in [1.165, 1.54) is 11.1 Å². The second-order valence-electron chi connectivity index (χ2n) is 5.59. The number of benzene rings is 1. The highest BCUT2D eigenvalue weighted by Gasteiger charge is 2.10. The molecular weight excluding hydrogens is 303 g/mol. The van der Waals surface area contributed by atoms with Gasteiger partial charge in [-0.05, 0) is 42.6 Å². The highest BCUT2D eigenvalue weighted by Crippen LogP contribution is 2.19. The van der Waals surface area contributed by atoms with E-state index in [0.717, 1.165) is 24.5 Å². The van der Waals surface area contributed by atoms with E-state index in [2.05, 4.69) is 29.9 Å². The zero-order valence-corrected chi connectivity index (χ0v) is 13.9. The first-order chi connectivity index (χ1) is 10.0. The molecule has 0 aliphatic heterocycles. The fraction of sp³-hybridized carbons (Fsp3) is 0.353. The third-order valence-electron chi connectivity index (χ3n) is 3.39.